The molecule has 0 aromatic heterocycles. The van der Waals surface area contributed by atoms with Gasteiger partial charge in [-0.05, 0) is 42.6 Å². The number of unbranched alkanes of at least 4 members (excludes halogenated alkanes) is 3. The van der Waals surface area contributed by atoms with Crippen LogP contribution in [0.5, 0.6) is 0 Å². The number of hydrogen-bond acceptors (Lipinski definition) is 0. The van der Waals surface area contributed by atoms with E-state index in [0.29, 0.717) is 11.8 Å². The second-order valence-electron chi connectivity index (χ2n) is 8.51. The first-order chi connectivity index (χ1) is 15.3. The molecule has 3 rings (SSSR count). The average molecular weight is 429 g/mol. The Morgan fingerprint density at radius 2 is 1.23 bits per heavy atom. The zero-order chi connectivity index (χ0) is 21.7. The summed E-state index contributed by atoms with van der Waals surface area (Å²) in [6.07, 6.45) is 12.7. The lowest BCUT2D eigenvalue weighted by atomic mass is 9.92. The molecule has 0 bridgehead atoms. The molecule has 1 heteroatoms. The molecular weight excluding hydrogens is 391 g/mol. The Morgan fingerprint density at radius 3 is 1.77 bits per heavy atom. The minimum absolute atomic E-state index is 0.343. The highest BCUT2D eigenvalue weighted by molar-refractivity contribution is 7.73. The highest BCUT2D eigenvalue weighted by Crippen LogP contribution is 2.36. The third-order valence-electron chi connectivity index (χ3n) is 5.87. The van der Waals surface area contributed by atoms with Gasteiger partial charge < -0.3 is 0 Å². The first kappa shape index (κ1) is 23.5. The number of rotatable bonds is 12. The van der Waals surface area contributed by atoms with Gasteiger partial charge in [0.15, 0.2) is 0 Å². The van der Waals surface area contributed by atoms with Crippen LogP contribution in [0.1, 0.15) is 57.4 Å². The van der Waals surface area contributed by atoms with E-state index >= 15 is 0 Å². The lowest BCUT2D eigenvalue weighted by Gasteiger charge is -2.22. The minimum Gasteiger partial charge on any atom is -0.0847 e. The summed E-state index contributed by atoms with van der Waals surface area (Å²) in [6.45, 7) is 4.67. The fourth-order valence-electron chi connectivity index (χ4n) is 4.11. The molecule has 0 nitrogen and oxygen atoms in total. The maximum atomic E-state index is 2.50. The van der Waals surface area contributed by atoms with E-state index in [9.17, 15) is 0 Å². The summed E-state index contributed by atoms with van der Waals surface area (Å²) in [5.74, 6) is 1.08. The average Bonchev–Trinajstić information content (AvgIpc) is 2.83. The lowest BCUT2D eigenvalue weighted by Crippen LogP contribution is -2.16. The highest BCUT2D eigenvalue weighted by atomic mass is 31.1. The predicted molar refractivity (Wildman–Crippen MR) is 140 cm³/mol. The van der Waals surface area contributed by atoms with Crippen LogP contribution < -0.4 is 10.6 Å². The Balaban J connectivity index is 1.72. The van der Waals surface area contributed by atoms with Crippen LogP contribution in [0.4, 0.5) is 0 Å². The van der Waals surface area contributed by atoms with Gasteiger partial charge in [-0.15, -0.1) is 0 Å². The van der Waals surface area contributed by atoms with Gasteiger partial charge in [0.2, 0.25) is 0 Å². The third kappa shape index (κ3) is 7.79. The zero-order valence-electron chi connectivity index (χ0n) is 19.2. The van der Waals surface area contributed by atoms with Gasteiger partial charge in [-0.2, -0.15) is 0 Å². The molecule has 0 spiro atoms. The van der Waals surface area contributed by atoms with Gasteiger partial charge in [0, 0.05) is 5.92 Å². The third-order valence-corrected chi connectivity index (χ3v) is 8.66. The molecule has 0 radical (unpaired) electrons. The van der Waals surface area contributed by atoms with E-state index in [1.165, 1.54) is 54.4 Å². The summed E-state index contributed by atoms with van der Waals surface area (Å²) in [4.78, 5) is 0. The van der Waals surface area contributed by atoms with Gasteiger partial charge in [0.05, 0.1) is 0 Å². The van der Waals surface area contributed by atoms with Gasteiger partial charge in [-0.25, -0.2) is 0 Å². The van der Waals surface area contributed by atoms with E-state index in [-0.39, 0.29) is 7.92 Å². The van der Waals surface area contributed by atoms with E-state index in [1.54, 1.807) is 0 Å². The molecule has 162 valence electrons. The number of hydrogen-bond donors (Lipinski definition) is 0. The molecule has 31 heavy (non-hydrogen) atoms. The Kier molecular flexibility index (Phi) is 10.1. The Bertz CT molecular complexity index is 831. The van der Waals surface area contributed by atoms with Crippen molar-refractivity contribution in [1.82, 2.24) is 0 Å². The summed E-state index contributed by atoms with van der Waals surface area (Å²) in [7, 11) is -0.343. The molecule has 0 heterocycles. The van der Waals surface area contributed by atoms with Crippen molar-refractivity contribution in [1.29, 1.82) is 0 Å². The summed E-state index contributed by atoms with van der Waals surface area (Å²) in [5, 5.41) is 2.95. The van der Waals surface area contributed by atoms with Crippen molar-refractivity contribution in [2.24, 2.45) is 5.92 Å². The SMILES string of the molecule is CCCCCC[C@H](/C=C/[C@H](C)CP(c1ccccc1)c1ccccc1)c1ccccc1. The van der Waals surface area contributed by atoms with Crippen LogP contribution in [0.2, 0.25) is 0 Å². The molecule has 0 N–H and O–H groups in total. The quantitative estimate of drug-likeness (QED) is 0.155. The summed E-state index contributed by atoms with van der Waals surface area (Å²) in [6, 6.07) is 33.2. The second-order valence-corrected chi connectivity index (χ2v) is 10.8. The van der Waals surface area contributed by atoms with Crippen LogP contribution in [0, 0.1) is 5.92 Å². The smallest absolute Gasteiger partial charge is 0.00180 e. The van der Waals surface area contributed by atoms with Crippen molar-refractivity contribution in [2.75, 3.05) is 6.16 Å². The summed E-state index contributed by atoms with van der Waals surface area (Å²) < 4.78 is 0. The van der Waals surface area contributed by atoms with E-state index in [1.807, 2.05) is 0 Å². The van der Waals surface area contributed by atoms with E-state index in [0.717, 1.165) is 0 Å². The fourth-order valence-corrected chi connectivity index (χ4v) is 6.60. The molecule has 0 unspecified atom stereocenters. The number of benzene rings is 3. The van der Waals surface area contributed by atoms with E-state index in [2.05, 4.69) is 117 Å². The molecule has 0 amide bonds. The molecule has 3 aromatic rings. The molecule has 0 fully saturated rings. The van der Waals surface area contributed by atoms with Gasteiger partial charge in [0.25, 0.3) is 0 Å². The summed E-state index contributed by atoms with van der Waals surface area (Å²) >= 11 is 0. The van der Waals surface area contributed by atoms with E-state index in [4.69, 9.17) is 0 Å². The van der Waals surface area contributed by atoms with Crippen LogP contribution in [0.15, 0.2) is 103 Å². The Labute approximate surface area is 191 Å². The van der Waals surface area contributed by atoms with Crippen molar-refractivity contribution in [3.63, 3.8) is 0 Å². The van der Waals surface area contributed by atoms with Crippen molar-refractivity contribution >= 4 is 18.5 Å². The predicted octanol–water partition coefficient (Wildman–Crippen LogP) is 8.07. The van der Waals surface area contributed by atoms with Gasteiger partial charge >= 0.3 is 0 Å². The standard InChI is InChI=1S/C30H37P/c1-3-4-5-9-18-28(27-16-10-6-11-17-27)24-23-26(2)25-31(29-19-12-7-13-20-29)30-21-14-8-15-22-30/h6-8,10-17,19-24,26,28H,3-5,9,18,25H2,1-2H3/b24-23+/t26-,28+/m0/s1. The van der Waals surface area contributed by atoms with Crippen molar-refractivity contribution in [3.05, 3.63) is 109 Å². The van der Waals surface area contributed by atoms with Crippen LogP contribution in [-0.4, -0.2) is 6.16 Å². The fraction of sp³-hybridized carbons (Fsp3) is 0.333. The van der Waals surface area contributed by atoms with Gasteiger partial charge in [-0.1, -0.05) is 143 Å². The van der Waals surface area contributed by atoms with Crippen LogP contribution in [0.3, 0.4) is 0 Å². The molecule has 0 saturated carbocycles. The van der Waals surface area contributed by atoms with Crippen LogP contribution in [-0.2, 0) is 0 Å². The second kappa shape index (κ2) is 13.3. The van der Waals surface area contributed by atoms with Crippen LogP contribution in [0.25, 0.3) is 0 Å². The Morgan fingerprint density at radius 1 is 0.677 bits per heavy atom. The monoisotopic (exact) mass is 428 g/mol. The first-order valence-electron chi connectivity index (χ1n) is 11.9. The minimum atomic E-state index is -0.343. The van der Waals surface area contributed by atoms with E-state index < -0.39 is 0 Å². The summed E-state index contributed by atoms with van der Waals surface area (Å²) in [5.41, 5.74) is 1.45. The maximum Gasteiger partial charge on any atom is 0.00180 e. The molecule has 0 aliphatic heterocycles. The molecule has 3 aromatic carbocycles. The molecule has 0 saturated heterocycles. The normalized spacial score (nSPS) is 13.5. The molecule has 0 aliphatic carbocycles. The highest BCUT2D eigenvalue weighted by Gasteiger charge is 2.16. The topological polar surface area (TPSA) is 0 Å². The lowest BCUT2D eigenvalue weighted by molar-refractivity contribution is 0.602. The number of allylic oxidation sites excluding steroid dienone is 2. The Hall–Kier alpha value is -2.17. The molecule has 0 aliphatic rings. The van der Waals surface area contributed by atoms with Crippen molar-refractivity contribution in [3.8, 4) is 0 Å². The largest absolute Gasteiger partial charge is 0.0847 e. The van der Waals surface area contributed by atoms with Gasteiger partial charge in [-0.3, -0.25) is 0 Å². The van der Waals surface area contributed by atoms with Gasteiger partial charge in [0.1, 0.15) is 0 Å². The van der Waals surface area contributed by atoms with Crippen LogP contribution >= 0.6 is 7.92 Å². The van der Waals surface area contributed by atoms with Crippen molar-refractivity contribution < 1.29 is 0 Å². The zero-order valence-corrected chi connectivity index (χ0v) is 20.1. The molecule has 2 atom stereocenters. The first-order valence-corrected chi connectivity index (χ1v) is 13.4. The maximum absolute atomic E-state index is 2.50. The van der Waals surface area contributed by atoms with Crippen molar-refractivity contribution in [2.45, 2.75) is 51.9 Å². The molecular formula is C30H37P.